The minimum atomic E-state index is -3.90. The molecule has 0 spiro atoms. The first-order valence-electron chi connectivity index (χ1n) is 12.2. The fourth-order valence-electron chi connectivity index (χ4n) is 4.80. The first-order chi connectivity index (χ1) is 16.7. The highest BCUT2D eigenvalue weighted by atomic mass is 32.2. The average Bonchev–Trinajstić information content (AvgIpc) is 2.83. The molecule has 0 N–H and O–H groups in total. The van der Waals surface area contributed by atoms with Crippen molar-refractivity contribution in [2.75, 3.05) is 23.9 Å². The van der Waals surface area contributed by atoms with E-state index in [9.17, 15) is 13.2 Å². The fourth-order valence-corrected chi connectivity index (χ4v) is 6.20. The molecule has 0 saturated carbocycles. The molecule has 1 aliphatic heterocycles. The van der Waals surface area contributed by atoms with Crippen LogP contribution in [0, 0.1) is 26.7 Å². The molecule has 1 aliphatic rings. The Morgan fingerprint density at radius 1 is 0.857 bits per heavy atom. The Hall–Kier alpha value is -3.12. The first kappa shape index (κ1) is 25.0. The van der Waals surface area contributed by atoms with Gasteiger partial charge >= 0.3 is 0 Å². The standard InChI is InChI=1S/C29H34N2O3S/c1-22-9-11-28(12-10-22)35(33,34)31(27-18-23(2)17-24(3)19-27)21-29(32)30-15-13-26(14-16-30)20-25-7-5-4-6-8-25/h4-12,17-19,26H,13-16,20-21H2,1-3H3. The lowest BCUT2D eigenvalue weighted by Gasteiger charge is -2.34. The van der Waals surface area contributed by atoms with Gasteiger partial charge in [0.15, 0.2) is 0 Å². The fraction of sp³-hybridized carbons (Fsp3) is 0.345. The summed E-state index contributed by atoms with van der Waals surface area (Å²) in [4.78, 5) is 15.4. The van der Waals surface area contributed by atoms with E-state index in [1.54, 1.807) is 24.3 Å². The van der Waals surface area contributed by atoms with Crippen LogP contribution in [0.4, 0.5) is 5.69 Å². The third kappa shape index (κ3) is 6.12. The van der Waals surface area contributed by atoms with Crippen LogP contribution >= 0.6 is 0 Å². The average molecular weight is 491 g/mol. The van der Waals surface area contributed by atoms with Crippen LogP contribution < -0.4 is 4.31 Å². The zero-order chi connectivity index (χ0) is 25.0. The van der Waals surface area contributed by atoms with E-state index in [0.717, 1.165) is 36.0 Å². The predicted octanol–water partition coefficient (Wildman–Crippen LogP) is 5.29. The van der Waals surface area contributed by atoms with Gasteiger partial charge in [-0.25, -0.2) is 8.42 Å². The Morgan fingerprint density at radius 2 is 1.46 bits per heavy atom. The summed E-state index contributed by atoms with van der Waals surface area (Å²) in [6, 6.07) is 22.9. The molecule has 4 rings (SSSR count). The van der Waals surface area contributed by atoms with Gasteiger partial charge in [0.1, 0.15) is 6.54 Å². The second-order valence-corrected chi connectivity index (χ2v) is 11.5. The summed E-state index contributed by atoms with van der Waals surface area (Å²) < 4.78 is 28.7. The van der Waals surface area contributed by atoms with Crippen LogP contribution in [-0.4, -0.2) is 38.9 Å². The van der Waals surface area contributed by atoms with Crippen LogP contribution in [0.5, 0.6) is 0 Å². The van der Waals surface area contributed by atoms with Crippen molar-refractivity contribution < 1.29 is 13.2 Å². The Labute approximate surface area is 209 Å². The molecule has 3 aromatic rings. The van der Waals surface area contributed by atoms with Crippen molar-refractivity contribution in [1.29, 1.82) is 0 Å². The van der Waals surface area contributed by atoms with Crippen molar-refractivity contribution in [3.05, 3.63) is 95.1 Å². The number of likely N-dealkylation sites (tertiary alicyclic amines) is 1. The molecule has 5 nitrogen and oxygen atoms in total. The largest absolute Gasteiger partial charge is 0.341 e. The van der Waals surface area contributed by atoms with E-state index < -0.39 is 10.0 Å². The van der Waals surface area contributed by atoms with Crippen LogP contribution in [-0.2, 0) is 21.2 Å². The molecule has 1 heterocycles. The van der Waals surface area contributed by atoms with E-state index in [1.165, 1.54) is 9.87 Å². The lowest BCUT2D eigenvalue weighted by atomic mass is 9.90. The van der Waals surface area contributed by atoms with Crippen molar-refractivity contribution >= 4 is 21.6 Å². The number of carbonyl (C=O) groups excluding carboxylic acids is 1. The number of nitrogens with zero attached hydrogens (tertiary/aromatic N) is 2. The molecule has 1 amide bonds. The summed E-state index contributed by atoms with van der Waals surface area (Å²) in [6.45, 7) is 6.90. The number of aryl methyl sites for hydroxylation is 3. The number of anilines is 1. The van der Waals surface area contributed by atoms with Crippen molar-refractivity contribution in [1.82, 2.24) is 4.90 Å². The molecular formula is C29H34N2O3S. The highest BCUT2D eigenvalue weighted by molar-refractivity contribution is 7.92. The maximum atomic E-state index is 13.7. The topological polar surface area (TPSA) is 57.7 Å². The van der Waals surface area contributed by atoms with Crippen LogP contribution in [0.3, 0.4) is 0 Å². The van der Waals surface area contributed by atoms with Gasteiger partial charge in [0.05, 0.1) is 10.6 Å². The minimum absolute atomic E-state index is 0.155. The van der Waals surface area contributed by atoms with Gasteiger partial charge in [-0.1, -0.05) is 54.1 Å². The van der Waals surface area contributed by atoms with Crippen LogP contribution in [0.15, 0.2) is 77.7 Å². The van der Waals surface area contributed by atoms with E-state index in [4.69, 9.17) is 0 Å². The Bertz CT molecular complexity index is 1240. The molecule has 0 atom stereocenters. The molecule has 0 unspecified atom stereocenters. The monoisotopic (exact) mass is 490 g/mol. The second kappa shape index (κ2) is 10.6. The Kier molecular flexibility index (Phi) is 7.60. The zero-order valence-corrected chi connectivity index (χ0v) is 21.6. The molecule has 35 heavy (non-hydrogen) atoms. The van der Waals surface area contributed by atoms with Gasteiger partial charge in [-0.15, -0.1) is 0 Å². The minimum Gasteiger partial charge on any atom is -0.341 e. The Morgan fingerprint density at radius 3 is 2.06 bits per heavy atom. The third-order valence-electron chi connectivity index (χ3n) is 6.72. The van der Waals surface area contributed by atoms with Gasteiger partial charge in [0, 0.05) is 13.1 Å². The Balaban J connectivity index is 1.52. The number of piperidine rings is 1. The third-order valence-corrected chi connectivity index (χ3v) is 8.50. The number of carbonyl (C=O) groups is 1. The van der Waals surface area contributed by atoms with Gasteiger partial charge in [-0.2, -0.15) is 0 Å². The van der Waals surface area contributed by atoms with E-state index >= 15 is 0 Å². The number of hydrogen-bond donors (Lipinski definition) is 0. The number of amides is 1. The van der Waals surface area contributed by atoms with Gasteiger partial charge in [0.25, 0.3) is 10.0 Å². The summed E-state index contributed by atoms with van der Waals surface area (Å²) in [5.41, 5.74) is 4.74. The van der Waals surface area contributed by atoms with Crippen LogP contribution in [0.1, 0.15) is 35.1 Å². The number of hydrogen-bond acceptors (Lipinski definition) is 3. The molecule has 0 radical (unpaired) electrons. The second-order valence-electron chi connectivity index (χ2n) is 9.68. The molecule has 184 valence electrons. The SMILES string of the molecule is Cc1ccc(S(=O)(=O)N(CC(=O)N2CCC(Cc3ccccc3)CC2)c2cc(C)cc(C)c2)cc1. The number of sulfonamides is 1. The van der Waals surface area contributed by atoms with Gasteiger partial charge in [-0.05, 0) is 86.9 Å². The zero-order valence-electron chi connectivity index (χ0n) is 20.8. The molecule has 3 aromatic carbocycles. The molecule has 0 aromatic heterocycles. The predicted molar refractivity (Wildman–Crippen MR) is 141 cm³/mol. The van der Waals surface area contributed by atoms with Gasteiger partial charge in [-0.3, -0.25) is 9.10 Å². The molecule has 0 bridgehead atoms. The van der Waals surface area contributed by atoms with Crippen molar-refractivity contribution in [3.63, 3.8) is 0 Å². The molecular weight excluding hydrogens is 456 g/mol. The summed E-state index contributed by atoms with van der Waals surface area (Å²) in [5.74, 6) is 0.381. The van der Waals surface area contributed by atoms with Crippen LogP contribution in [0.2, 0.25) is 0 Å². The van der Waals surface area contributed by atoms with Crippen molar-refractivity contribution in [3.8, 4) is 0 Å². The molecule has 1 fully saturated rings. The van der Waals surface area contributed by atoms with Gasteiger partial charge < -0.3 is 4.90 Å². The van der Waals surface area contributed by atoms with E-state index in [-0.39, 0.29) is 17.3 Å². The summed E-state index contributed by atoms with van der Waals surface area (Å²) in [7, 11) is -3.90. The summed E-state index contributed by atoms with van der Waals surface area (Å²) in [6.07, 6.45) is 2.86. The lowest BCUT2D eigenvalue weighted by Crippen LogP contribution is -2.46. The van der Waals surface area contributed by atoms with E-state index in [0.29, 0.717) is 24.7 Å². The lowest BCUT2D eigenvalue weighted by molar-refractivity contribution is -0.130. The normalized spacial score (nSPS) is 14.7. The molecule has 6 heteroatoms. The highest BCUT2D eigenvalue weighted by Crippen LogP contribution is 2.27. The quantitative estimate of drug-likeness (QED) is 0.452. The van der Waals surface area contributed by atoms with Gasteiger partial charge in [0.2, 0.25) is 5.91 Å². The maximum Gasteiger partial charge on any atom is 0.264 e. The van der Waals surface area contributed by atoms with Crippen molar-refractivity contribution in [2.24, 2.45) is 5.92 Å². The van der Waals surface area contributed by atoms with E-state index in [1.807, 2.05) is 49.9 Å². The molecule has 0 aliphatic carbocycles. The number of rotatable bonds is 7. The summed E-state index contributed by atoms with van der Waals surface area (Å²) in [5, 5.41) is 0. The molecule has 1 saturated heterocycles. The highest BCUT2D eigenvalue weighted by Gasteiger charge is 2.31. The van der Waals surface area contributed by atoms with Crippen LogP contribution in [0.25, 0.3) is 0 Å². The first-order valence-corrected chi connectivity index (χ1v) is 13.7. The smallest absolute Gasteiger partial charge is 0.264 e. The maximum absolute atomic E-state index is 13.7. The van der Waals surface area contributed by atoms with Crippen molar-refractivity contribution in [2.45, 2.75) is 44.9 Å². The van der Waals surface area contributed by atoms with E-state index in [2.05, 4.69) is 24.3 Å². The summed E-state index contributed by atoms with van der Waals surface area (Å²) >= 11 is 0. The number of benzene rings is 3.